The van der Waals surface area contributed by atoms with E-state index in [2.05, 4.69) is 26.8 Å². The van der Waals surface area contributed by atoms with Crippen LogP contribution >= 0.6 is 0 Å². The van der Waals surface area contributed by atoms with Crippen molar-refractivity contribution in [2.45, 2.75) is 97.9 Å². The van der Waals surface area contributed by atoms with Gasteiger partial charge in [-0.2, -0.15) is 0 Å². The first-order valence-corrected chi connectivity index (χ1v) is 13.8. The van der Waals surface area contributed by atoms with Crippen LogP contribution in [0.15, 0.2) is 12.2 Å². The molecule has 4 saturated carbocycles. The molecule has 4 heteroatoms. The second-order valence-electron chi connectivity index (χ2n) is 13.1. The standard InChI is InChI=1S/C29H46O4/c1-18(2)24(30)9-6-19(3)21-7-8-22-26-23(10-11-28(21,22)5)27(4)12-13-29(32-14-15-33-29)17-20(27)16-25(26)31/h6,9,18-23,25-26,31H,7-8,10-17H2,1-5H3/b9-6+/t19-,20?,21-,22?,23?,25-,26?,27+,28-/m1/s1. The van der Waals surface area contributed by atoms with Gasteiger partial charge in [-0.3, -0.25) is 4.79 Å². The second-order valence-corrected chi connectivity index (χ2v) is 13.1. The van der Waals surface area contributed by atoms with Crippen molar-refractivity contribution >= 4 is 5.78 Å². The van der Waals surface area contributed by atoms with Crippen LogP contribution in [0, 0.1) is 52.3 Å². The monoisotopic (exact) mass is 458 g/mol. The number of ether oxygens (including phenoxy) is 2. The summed E-state index contributed by atoms with van der Waals surface area (Å²) in [5, 5.41) is 11.6. The Labute approximate surface area is 200 Å². The van der Waals surface area contributed by atoms with E-state index >= 15 is 0 Å². The van der Waals surface area contributed by atoms with Gasteiger partial charge in [-0.25, -0.2) is 0 Å². The molecule has 186 valence electrons. The summed E-state index contributed by atoms with van der Waals surface area (Å²) >= 11 is 0. The molecule has 4 aliphatic carbocycles. The van der Waals surface area contributed by atoms with Crippen LogP contribution in [0.25, 0.3) is 0 Å². The Bertz CT molecular complexity index is 782. The molecule has 1 aliphatic heterocycles. The van der Waals surface area contributed by atoms with Crippen LogP contribution in [0.5, 0.6) is 0 Å². The van der Waals surface area contributed by atoms with Gasteiger partial charge in [0.2, 0.25) is 0 Å². The number of allylic oxidation sites excluding steroid dienone is 2. The molecule has 1 heterocycles. The molecule has 5 rings (SSSR count). The predicted octanol–water partition coefficient (Wildman–Crippen LogP) is 5.78. The lowest BCUT2D eigenvalue weighted by atomic mass is 9.43. The normalized spacial score (nSPS) is 47.5. The molecular formula is C29H46O4. The molecule has 5 fully saturated rings. The van der Waals surface area contributed by atoms with Crippen molar-refractivity contribution in [3.05, 3.63) is 12.2 Å². The molecule has 0 radical (unpaired) electrons. The predicted molar refractivity (Wildman–Crippen MR) is 129 cm³/mol. The van der Waals surface area contributed by atoms with Crippen LogP contribution in [0.2, 0.25) is 0 Å². The van der Waals surface area contributed by atoms with Gasteiger partial charge in [-0.15, -0.1) is 0 Å². The molecule has 0 bridgehead atoms. The van der Waals surface area contributed by atoms with Gasteiger partial charge in [0, 0.05) is 18.8 Å². The maximum absolute atomic E-state index is 12.2. The largest absolute Gasteiger partial charge is 0.393 e. The SMILES string of the molecule is CC(C)C(=O)/C=C/[C@@H](C)[C@H]1CCC2C3C(CC[C@@]21C)[C@@]1(C)CCC2(CC1C[C@H]3O)OCCO2. The average molecular weight is 459 g/mol. The number of carbonyl (C=O) groups excluding carboxylic acids is 1. The quantitative estimate of drug-likeness (QED) is 0.543. The molecule has 9 atom stereocenters. The van der Waals surface area contributed by atoms with Crippen molar-refractivity contribution in [2.24, 2.45) is 52.3 Å². The Kier molecular flexibility index (Phi) is 6.15. The maximum Gasteiger partial charge on any atom is 0.168 e. The Balaban J connectivity index is 1.35. The summed E-state index contributed by atoms with van der Waals surface area (Å²) < 4.78 is 12.2. The third-order valence-corrected chi connectivity index (χ3v) is 11.3. The number of rotatable bonds is 4. The minimum Gasteiger partial charge on any atom is -0.393 e. The summed E-state index contributed by atoms with van der Waals surface area (Å²) in [6.45, 7) is 12.7. The first kappa shape index (κ1) is 24.0. The van der Waals surface area contributed by atoms with Crippen molar-refractivity contribution in [1.82, 2.24) is 0 Å². The van der Waals surface area contributed by atoms with Crippen LogP contribution in [-0.4, -0.2) is 36.0 Å². The number of fused-ring (bicyclic) bond motifs is 5. The first-order chi connectivity index (χ1) is 15.6. The van der Waals surface area contributed by atoms with E-state index in [1.165, 1.54) is 25.7 Å². The third kappa shape index (κ3) is 3.78. The lowest BCUT2D eigenvalue weighted by molar-refractivity contribution is -0.242. The van der Waals surface area contributed by atoms with Crippen LogP contribution in [0.3, 0.4) is 0 Å². The zero-order valence-electron chi connectivity index (χ0n) is 21.5. The molecule has 4 unspecified atom stereocenters. The number of hydrogen-bond acceptors (Lipinski definition) is 4. The summed E-state index contributed by atoms with van der Waals surface area (Å²) in [7, 11) is 0. The molecule has 5 aliphatic rings. The zero-order chi connectivity index (χ0) is 23.6. The Morgan fingerprint density at radius 3 is 2.36 bits per heavy atom. The van der Waals surface area contributed by atoms with Crippen LogP contribution in [0.4, 0.5) is 0 Å². The van der Waals surface area contributed by atoms with Gasteiger partial charge in [-0.05, 0) is 90.9 Å². The number of hydrogen-bond donors (Lipinski definition) is 1. The average Bonchev–Trinajstić information content (AvgIpc) is 3.37. The molecule has 4 nitrogen and oxygen atoms in total. The van der Waals surface area contributed by atoms with Crippen molar-refractivity contribution in [3.8, 4) is 0 Å². The molecule has 1 spiro atoms. The topological polar surface area (TPSA) is 55.8 Å². The van der Waals surface area contributed by atoms with Crippen LogP contribution in [0.1, 0.15) is 86.0 Å². The van der Waals surface area contributed by atoms with Gasteiger partial charge in [0.25, 0.3) is 0 Å². The molecular weight excluding hydrogens is 412 g/mol. The minimum atomic E-state index is -0.368. The van der Waals surface area contributed by atoms with E-state index in [1.807, 2.05) is 19.9 Å². The number of ketones is 1. The van der Waals surface area contributed by atoms with Gasteiger partial charge in [0.05, 0.1) is 19.3 Å². The molecule has 0 amide bonds. The summed E-state index contributed by atoms with van der Waals surface area (Å²) in [5.41, 5.74) is 0.558. The van der Waals surface area contributed by atoms with Crippen LogP contribution in [-0.2, 0) is 14.3 Å². The van der Waals surface area contributed by atoms with Crippen molar-refractivity contribution < 1.29 is 19.4 Å². The molecule has 33 heavy (non-hydrogen) atoms. The Hall–Kier alpha value is -0.710. The molecule has 0 aromatic rings. The fraction of sp³-hybridized carbons (Fsp3) is 0.897. The molecule has 0 aromatic carbocycles. The smallest absolute Gasteiger partial charge is 0.168 e. The first-order valence-electron chi connectivity index (χ1n) is 13.8. The van der Waals surface area contributed by atoms with Gasteiger partial charge < -0.3 is 14.6 Å². The minimum absolute atomic E-state index is 0.0662. The summed E-state index contributed by atoms with van der Waals surface area (Å²) in [6.07, 6.45) is 12.8. The molecule has 1 saturated heterocycles. The van der Waals surface area contributed by atoms with E-state index in [1.54, 1.807) is 0 Å². The van der Waals surface area contributed by atoms with E-state index in [4.69, 9.17) is 9.47 Å². The van der Waals surface area contributed by atoms with Crippen molar-refractivity contribution in [2.75, 3.05) is 13.2 Å². The zero-order valence-corrected chi connectivity index (χ0v) is 21.5. The van der Waals surface area contributed by atoms with Gasteiger partial charge >= 0.3 is 0 Å². The van der Waals surface area contributed by atoms with Gasteiger partial charge in [0.15, 0.2) is 11.6 Å². The second kappa shape index (κ2) is 8.45. The number of aliphatic hydroxyl groups excluding tert-OH is 1. The summed E-state index contributed by atoms with van der Waals surface area (Å²) in [5.74, 6) is 3.06. The van der Waals surface area contributed by atoms with E-state index in [0.29, 0.717) is 40.9 Å². The number of carbonyl (C=O) groups is 1. The van der Waals surface area contributed by atoms with E-state index in [0.717, 1.165) is 38.9 Å². The fourth-order valence-electron chi connectivity index (χ4n) is 9.40. The summed E-state index contributed by atoms with van der Waals surface area (Å²) in [4.78, 5) is 12.2. The summed E-state index contributed by atoms with van der Waals surface area (Å²) in [6, 6.07) is 0. The van der Waals surface area contributed by atoms with Gasteiger partial charge in [-0.1, -0.05) is 40.7 Å². The highest BCUT2D eigenvalue weighted by molar-refractivity contribution is 5.91. The van der Waals surface area contributed by atoms with E-state index in [-0.39, 0.29) is 29.0 Å². The molecule has 0 aromatic heterocycles. The lowest BCUT2D eigenvalue weighted by Gasteiger charge is -2.63. The van der Waals surface area contributed by atoms with Crippen LogP contribution < -0.4 is 0 Å². The highest BCUT2D eigenvalue weighted by atomic mass is 16.7. The molecule has 1 N–H and O–H groups in total. The maximum atomic E-state index is 12.2. The van der Waals surface area contributed by atoms with Crippen molar-refractivity contribution in [3.63, 3.8) is 0 Å². The Morgan fingerprint density at radius 2 is 1.67 bits per heavy atom. The highest BCUT2D eigenvalue weighted by Gasteiger charge is 2.64. The van der Waals surface area contributed by atoms with E-state index in [9.17, 15) is 9.90 Å². The lowest BCUT2D eigenvalue weighted by Crippen LogP contribution is -2.60. The Morgan fingerprint density at radius 1 is 0.970 bits per heavy atom. The number of aliphatic hydroxyl groups is 1. The third-order valence-electron chi connectivity index (χ3n) is 11.3. The highest BCUT2D eigenvalue weighted by Crippen LogP contribution is 2.69. The van der Waals surface area contributed by atoms with E-state index < -0.39 is 0 Å². The van der Waals surface area contributed by atoms with Gasteiger partial charge in [0.1, 0.15) is 0 Å². The fourth-order valence-corrected chi connectivity index (χ4v) is 9.40. The van der Waals surface area contributed by atoms with Crippen molar-refractivity contribution in [1.29, 1.82) is 0 Å².